The van der Waals surface area contributed by atoms with Crippen molar-refractivity contribution in [2.45, 2.75) is 13.5 Å². The van der Waals surface area contributed by atoms with E-state index in [9.17, 15) is 0 Å². The van der Waals surface area contributed by atoms with Crippen LogP contribution < -0.4 is 0 Å². The fourth-order valence-electron chi connectivity index (χ4n) is 2.31. The van der Waals surface area contributed by atoms with E-state index in [1.165, 1.54) is 0 Å². The molecule has 5 nitrogen and oxygen atoms in total. The molecule has 1 aromatic carbocycles. The van der Waals surface area contributed by atoms with Gasteiger partial charge < -0.3 is 4.57 Å². The summed E-state index contributed by atoms with van der Waals surface area (Å²) in [5.74, 6) is 0.882. The van der Waals surface area contributed by atoms with Crippen LogP contribution in [0.4, 0.5) is 0 Å². The number of nitriles is 1. The molecule has 94 valence electrons. The van der Waals surface area contributed by atoms with Gasteiger partial charge in [0.25, 0.3) is 0 Å². The van der Waals surface area contributed by atoms with Crippen LogP contribution in [0.2, 0.25) is 0 Å². The maximum Gasteiger partial charge on any atom is 0.159 e. The van der Waals surface area contributed by atoms with Crippen molar-refractivity contribution in [3.8, 4) is 17.6 Å². The number of aromatic nitrogens is 4. The van der Waals surface area contributed by atoms with Crippen LogP contribution in [0.15, 0.2) is 30.5 Å². The Hall–Kier alpha value is -2.61. The van der Waals surface area contributed by atoms with Crippen LogP contribution in [0.25, 0.3) is 22.6 Å². The first kappa shape index (κ1) is 11.5. The molecule has 5 heteroatoms. The van der Waals surface area contributed by atoms with Gasteiger partial charge in [0, 0.05) is 19.8 Å². The van der Waals surface area contributed by atoms with Gasteiger partial charge in [0.15, 0.2) is 5.82 Å². The van der Waals surface area contributed by atoms with E-state index in [4.69, 9.17) is 5.26 Å². The lowest BCUT2D eigenvalue weighted by Gasteiger charge is -2.05. The highest BCUT2D eigenvalue weighted by atomic mass is 15.3. The summed E-state index contributed by atoms with van der Waals surface area (Å²) < 4.78 is 3.94. The third-order valence-corrected chi connectivity index (χ3v) is 3.24. The number of rotatable bonds is 2. The van der Waals surface area contributed by atoms with Crippen LogP contribution >= 0.6 is 0 Å². The Labute approximate surface area is 110 Å². The largest absolute Gasteiger partial charge is 0.323 e. The predicted octanol–water partition coefficient (Wildman–Crippen LogP) is 2.33. The van der Waals surface area contributed by atoms with E-state index >= 15 is 0 Å². The Morgan fingerprint density at radius 2 is 2.16 bits per heavy atom. The number of hydrogen-bond acceptors (Lipinski definition) is 3. The van der Waals surface area contributed by atoms with Gasteiger partial charge in [-0.2, -0.15) is 10.4 Å². The van der Waals surface area contributed by atoms with Crippen LogP contribution in [0.5, 0.6) is 0 Å². The zero-order chi connectivity index (χ0) is 13.4. The standard InChI is InChI=1S/C14H13N5/c1-3-19-12-5-4-10(9-15)8-11(12)17-14(19)13-6-7-16-18(13)2/h4-8H,3H2,1-2H3. The smallest absolute Gasteiger partial charge is 0.159 e. The van der Waals surface area contributed by atoms with Crippen LogP contribution in [0.3, 0.4) is 0 Å². The minimum atomic E-state index is 0.629. The van der Waals surface area contributed by atoms with Gasteiger partial charge in [0.2, 0.25) is 0 Å². The summed E-state index contributed by atoms with van der Waals surface area (Å²) in [7, 11) is 1.90. The van der Waals surface area contributed by atoms with Crippen LogP contribution in [0, 0.1) is 11.3 Å². The van der Waals surface area contributed by atoms with Crippen LogP contribution in [0.1, 0.15) is 12.5 Å². The summed E-state index contributed by atoms with van der Waals surface area (Å²) >= 11 is 0. The first-order chi connectivity index (χ1) is 9.24. The van der Waals surface area contributed by atoms with Gasteiger partial charge in [-0.15, -0.1) is 0 Å². The van der Waals surface area contributed by atoms with Gasteiger partial charge in [-0.3, -0.25) is 4.68 Å². The normalized spacial score (nSPS) is 10.8. The van der Waals surface area contributed by atoms with E-state index in [0.717, 1.165) is 29.1 Å². The maximum atomic E-state index is 8.96. The molecule has 0 aliphatic carbocycles. The van der Waals surface area contributed by atoms with Crippen molar-refractivity contribution in [2.24, 2.45) is 7.05 Å². The number of aryl methyl sites for hydroxylation is 2. The van der Waals surface area contributed by atoms with Crippen molar-refractivity contribution < 1.29 is 0 Å². The molecule has 0 aliphatic rings. The predicted molar refractivity (Wildman–Crippen MR) is 72.3 cm³/mol. The second-order valence-corrected chi connectivity index (χ2v) is 4.34. The number of benzene rings is 1. The highest BCUT2D eigenvalue weighted by Gasteiger charge is 2.14. The molecule has 3 aromatic rings. The maximum absolute atomic E-state index is 8.96. The number of fused-ring (bicyclic) bond motifs is 1. The van der Waals surface area contributed by atoms with E-state index in [0.29, 0.717) is 5.56 Å². The first-order valence-electron chi connectivity index (χ1n) is 6.13. The molecule has 0 atom stereocenters. The Balaban J connectivity index is 2.31. The van der Waals surface area contributed by atoms with Crippen LogP contribution in [-0.2, 0) is 13.6 Å². The summed E-state index contributed by atoms with van der Waals surface area (Å²) in [6, 6.07) is 9.68. The SMILES string of the molecule is CCn1c(-c2ccnn2C)nc2cc(C#N)ccc21. The molecule has 0 radical (unpaired) electrons. The molecule has 2 heterocycles. The van der Waals surface area contributed by atoms with E-state index in [-0.39, 0.29) is 0 Å². The van der Waals surface area contributed by atoms with E-state index < -0.39 is 0 Å². The molecule has 2 aromatic heterocycles. The van der Waals surface area contributed by atoms with Gasteiger partial charge >= 0.3 is 0 Å². The topological polar surface area (TPSA) is 59.4 Å². The lowest BCUT2D eigenvalue weighted by molar-refractivity contribution is 0.744. The van der Waals surface area contributed by atoms with Crippen molar-refractivity contribution >= 4 is 11.0 Å². The van der Waals surface area contributed by atoms with E-state index in [1.54, 1.807) is 10.9 Å². The zero-order valence-corrected chi connectivity index (χ0v) is 10.8. The molecule has 0 saturated carbocycles. The van der Waals surface area contributed by atoms with Gasteiger partial charge in [-0.25, -0.2) is 4.98 Å². The quantitative estimate of drug-likeness (QED) is 0.702. The Morgan fingerprint density at radius 1 is 1.32 bits per heavy atom. The fraction of sp³-hybridized carbons (Fsp3) is 0.214. The third-order valence-electron chi connectivity index (χ3n) is 3.24. The van der Waals surface area contributed by atoms with Crippen molar-refractivity contribution in [1.29, 1.82) is 5.26 Å². The molecular formula is C14H13N5. The third kappa shape index (κ3) is 1.69. The van der Waals surface area contributed by atoms with Crippen LogP contribution in [-0.4, -0.2) is 19.3 Å². The molecule has 0 unspecified atom stereocenters. The summed E-state index contributed by atoms with van der Waals surface area (Å²) in [5, 5.41) is 13.1. The molecule has 0 fully saturated rings. The van der Waals surface area contributed by atoms with Crippen molar-refractivity contribution in [1.82, 2.24) is 19.3 Å². The second-order valence-electron chi connectivity index (χ2n) is 4.34. The minimum Gasteiger partial charge on any atom is -0.323 e. The lowest BCUT2D eigenvalue weighted by Crippen LogP contribution is -2.01. The van der Waals surface area contributed by atoms with Gasteiger partial charge in [0.1, 0.15) is 5.69 Å². The molecule has 0 amide bonds. The van der Waals surface area contributed by atoms with Crippen molar-refractivity contribution in [3.05, 3.63) is 36.0 Å². The number of imidazole rings is 1. The van der Waals surface area contributed by atoms with Crippen molar-refractivity contribution in [2.75, 3.05) is 0 Å². The molecule has 0 spiro atoms. The molecule has 0 N–H and O–H groups in total. The number of hydrogen-bond donors (Lipinski definition) is 0. The first-order valence-corrected chi connectivity index (χ1v) is 6.13. The average molecular weight is 251 g/mol. The fourth-order valence-corrected chi connectivity index (χ4v) is 2.31. The summed E-state index contributed by atoms with van der Waals surface area (Å²) in [6.07, 6.45) is 1.76. The summed E-state index contributed by atoms with van der Waals surface area (Å²) in [4.78, 5) is 4.65. The second kappa shape index (κ2) is 4.25. The summed E-state index contributed by atoms with van der Waals surface area (Å²) in [6.45, 7) is 2.90. The molecule has 0 aliphatic heterocycles. The molecule has 0 saturated heterocycles. The lowest BCUT2D eigenvalue weighted by atomic mass is 10.2. The Morgan fingerprint density at radius 3 is 2.79 bits per heavy atom. The number of nitrogens with zero attached hydrogens (tertiary/aromatic N) is 5. The Bertz CT molecular complexity index is 788. The highest BCUT2D eigenvalue weighted by Crippen LogP contribution is 2.24. The Kier molecular flexibility index (Phi) is 2.57. The van der Waals surface area contributed by atoms with E-state index in [1.807, 2.05) is 31.3 Å². The molecule has 19 heavy (non-hydrogen) atoms. The molecular weight excluding hydrogens is 238 g/mol. The zero-order valence-electron chi connectivity index (χ0n) is 10.8. The molecule has 0 bridgehead atoms. The monoisotopic (exact) mass is 251 g/mol. The van der Waals surface area contributed by atoms with E-state index in [2.05, 4.69) is 27.6 Å². The summed E-state index contributed by atoms with van der Waals surface area (Å²) in [5.41, 5.74) is 3.48. The van der Waals surface area contributed by atoms with Gasteiger partial charge in [0.05, 0.1) is 22.7 Å². The van der Waals surface area contributed by atoms with Crippen molar-refractivity contribution in [3.63, 3.8) is 0 Å². The minimum absolute atomic E-state index is 0.629. The average Bonchev–Trinajstić information content (AvgIpc) is 3.00. The van der Waals surface area contributed by atoms with Gasteiger partial charge in [-0.05, 0) is 31.2 Å². The molecule has 3 rings (SSSR count). The van der Waals surface area contributed by atoms with Gasteiger partial charge in [-0.1, -0.05) is 0 Å². The highest BCUT2D eigenvalue weighted by molar-refractivity contribution is 5.81.